The van der Waals surface area contributed by atoms with Gasteiger partial charge in [-0.25, -0.2) is 4.39 Å². The topological polar surface area (TPSA) is 57.6 Å². The van der Waals surface area contributed by atoms with Gasteiger partial charge >= 0.3 is 5.97 Å². The molecule has 0 bridgehead atoms. The molecule has 0 aliphatic carbocycles. The second kappa shape index (κ2) is 6.31. The monoisotopic (exact) mass is 267 g/mol. The zero-order valence-electron chi connectivity index (χ0n) is 11.3. The smallest absolute Gasteiger partial charge is 0.304 e. The van der Waals surface area contributed by atoms with E-state index in [1.165, 1.54) is 11.0 Å². The molecule has 0 spiro atoms. The first-order valence-corrected chi connectivity index (χ1v) is 6.03. The Morgan fingerprint density at radius 3 is 2.58 bits per heavy atom. The minimum Gasteiger partial charge on any atom is -0.481 e. The highest BCUT2D eigenvalue weighted by Crippen LogP contribution is 2.13. The van der Waals surface area contributed by atoms with Crippen LogP contribution in [0.3, 0.4) is 0 Å². The third-order valence-electron chi connectivity index (χ3n) is 2.92. The van der Waals surface area contributed by atoms with Crippen LogP contribution in [0.2, 0.25) is 0 Å². The van der Waals surface area contributed by atoms with Crippen LogP contribution in [0.5, 0.6) is 0 Å². The van der Waals surface area contributed by atoms with Gasteiger partial charge in [-0.05, 0) is 24.1 Å². The molecule has 104 valence electrons. The van der Waals surface area contributed by atoms with Gasteiger partial charge in [0.2, 0.25) is 5.91 Å². The van der Waals surface area contributed by atoms with Crippen molar-refractivity contribution in [2.45, 2.75) is 26.8 Å². The number of aliphatic carboxylic acids is 1. The summed E-state index contributed by atoms with van der Waals surface area (Å²) in [5.74, 6) is -2.07. The summed E-state index contributed by atoms with van der Waals surface area (Å²) in [6, 6.07) is 4.67. The molecule has 4 nitrogen and oxygen atoms in total. The van der Waals surface area contributed by atoms with Crippen LogP contribution in [0.25, 0.3) is 0 Å². The van der Waals surface area contributed by atoms with E-state index in [-0.39, 0.29) is 18.1 Å². The van der Waals surface area contributed by atoms with Crippen LogP contribution in [-0.4, -0.2) is 28.9 Å². The average molecular weight is 267 g/mol. The van der Waals surface area contributed by atoms with Crippen molar-refractivity contribution < 1.29 is 19.1 Å². The zero-order valence-corrected chi connectivity index (χ0v) is 11.3. The summed E-state index contributed by atoms with van der Waals surface area (Å²) in [7, 11) is 1.61. The molecule has 1 atom stereocenters. The highest BCUT2D eigenvalue weighted by Gasteiger charge is 2.20. The molecule has 0 fully saturated rings. The minimum absolute atomic E-state index is 0.189. The summed E-state index contributed by atoms with van der Waals surface area (Å²) >= 11 is 0. The predicted molar refractivity (Wildman–Crippen MR) is 69.0 cm³/mol. The lowest BCUT2D eigenvalue weighted by atomic mass is 10.1. The van der Waals surface area contributed by atoms with E-state index in [0.29, 0.717) is 12.1 Å². The molecule has 0 aromatic heterocycles. The molecule has 0 saturated carbocycles. The standard InChI is InChI=1S/C14H18FNO3/c1-9-6-11(4-5-12(9)15)8-16(3)14(19)10(2)7-13(17)18/h4-6,10H,7-8H2,1-3H3,(H,17,18). The Morgan fingerprint density at radius 1 is 1.42 bits per heavy atom. The number of nitrogens with zero attached hydrogens (tertiary/aromatic N) is 1. The Kier molecular flexibility index (Phi) is 5.03. The zero-order chi connectivity index (χ0) is 14.6. The quantitative estimate of drug-likeness (QED) is 0.889. The second-order valence-electron chi connectivity index (χ2n) is 4.78. The molecule has 1 amide bonds. The van der Waals surface area contributed by atoms with Crippen LogP contribution in [0.4, 0.5) is 4.39 Å². The number of rotatable bonds is 5. The third kappa shape index (κ3) is 4.35. The van der Waals surface area contributed by atoms with E-state index in [2.05, 4.69) is 0 Å². The Bertz CT molecular complexity index is 488. The van der Waals surface area contributed by atoms with E-state index in [1.54, 1.807) is 33.0 Å². The van der Waals surface area contributed by atoms with Gasteiger partial charge in [0.25, 0.3) is 0 Å². The fourth-order valence-electron chi connectivity index (χ4n) is 1.88. The van der Waals surface area contributed by atoms with Gasteiger partial charge in [-0.2, -0.15) is 0 Å². The van der Waals surface area contributed by atoms with Crippen LogP contribution in [0.1, 0.15) is 24.5 Å². The van der Waals surface area contributed by atoms with E-state index >= 15 is 0 Å². The van der Waals surface area contributed by atoms with Crippen molar-refractivity contribution in [2.75, 3.05) is 7.05 Å². The summed E-state index contributed by atoms with van der Waals surface area (Å²) in [6.07, 6.45) is -0.189. The van der Waals surface area contributed by atoms with Crippen LogP contribution < -0.4 is 0 Å². The van der Waals surface area contributed by atoms with Crippen LogP contribution in [0, 0.1) is 18.7 Å². The number of carbonyl (C=O) groups excluding carboxylic acids is 1. The van der Waals surface area contributed by atoms with E-state index < -0.39 is 11.9 Å². The first-order valence-electron chi connectivity index (χ1n) is 6.03. The van der Waals surface area contributed by atoms with Gasteiger partial charge in [0.05, 0.1) is 6.42 Å². The van der Waals surface area contributed by atoms with Gasteiger partial charge in [-0.3, -0.25) is 9.59 Å². The molecule has 1 rings (SSSR count). The van der Waals surface area contributed by atoms with Crippen LogP contribution in [-0.2, 0) is 16.1 Å². The van der Waals surface area contributed by atoms with E-state index in [4.69, 9.17) is 5.11 Å². The van der Waals surface area contributed by atoms with Gasteiger partial charge in [0.1, 0.15) is 5.82 Å². The molecule has 0 saturated heterocycles. The first-order chi connectivity index (χ1) is 8.81. The number of aryl methyl sites for hydroxylation is 1. The van der Waals surface area contributed by atoms with Crippen molar-refractivity contribution in [1.82, 2.24) is 4.90 Å². The molecule has 5 heteroatoms. The van der Waals surface area contributed by atoms with Crippen LogP contribution >= 0.6 is 0 Å². The maximum atomic E-state index is 13.1. The van der Waals surface area contributed by atoms with Gasteiger partial charge in [-0.1, -0.05) is 19.1 Å². The van der Waals surface area contributed by atoms with E-state index in [0.717, 1.165) is 5.56 Å². The number of hydrogen-bond acceptors (Lipinski definition) is 2. The molecule has 0 aliphatic heterocycles. The SMILES string of the molecule is Cc1cc(CN(C)C(=O)C(C)CC(=O)O)ccc1F. The second-order valence-corrected chi connectivity index (χ2v) is 4.78. The molecule has 1 aromatic rings. The maximum absolute atomic E-state index is 13.1. The summed E-state index contributed by atoms with van der Waals surface area (Å²) in [4.78, 5) is 23.9. The predicted octanol–water partition coefficient (Wildman–Crippen LogP) is 2.20. The molecule has 1 N–H and O–H groups in total. The Morgan fingerprint density at radius 2 is 2.05 bits per heavy atom. The minimum atomic E-state index is -0.994. The third-order valence-corrected chi connectivity index (χ3v) is 2.92. The molecular formula is C14H18FNO3. The van der Waals surface area contributed by atoms with Crippen molar-refractivity contribution in [3.8, 4) is 0 Å². The normalized spacial score (nSPS) is 12.0. The number of halogens is 1. The summed E-state index contributed by atoms with van der Waals surface area (Å²) in [6.45, 7) is 3.58. The van der Waals surface area contributed by atoms with Crippen molar-refractivity contribution >= 4 is 11.9 Å². The molecule has 0 aliphatic rings. The summed E-state index contributed by atoms with van der Waals surface area (Å²) in [5, 5.41) is 8.66. The Hall–Kier alpha value is -1.91. The number of amides is 1. The fraction of sp³-hybridized carbons (Fsp3) is 0.429. The van der Waals surface area contributed by atoms with Crippen molar-refractivity contribution in [3.63, 3.8) is 0 Å². The van der Waals surface area contributed by atoms with Gasteiger partial charge < -0.3 is 10.0 Å². The molecule has 19 heavy (non-hydrogen) atoms. The van der Waals surface area contributed by atoms with Gasteiger partial charge in [0.15, 0.2) is 0 Å². The van der Waals surface area contributed by atoms with E-state index in [1.807, 2.05) is 0 Å². The number of benzene rings is 1. The number of carboxylic acids is 1. The number of hydrogen-bond donors (Lipinski definition) is 1. The lowest BCUT2D eigenvalue weighted by Crippen LogP contribution is -2.32. The summed E-state index contributed by atoms with van der Waals surface area (Å²) in [5.41, 5.74) is 1.34. The lowest BCUT2D eigenvalue weighted by Gasteiger charge is -2.21. The number of carboxylic acid groups (broad SMARTS) is 1. The van der Waals surface area contributed by atoms with Crippen molar-refractivity contribution in [2.24, 2.45) is 5.92 Å². The lowest BCUT2D eigenvalue weighted by molar-refractivity contribution is -0.143. The van der Waals surface area contributed by atoms with Crippen LogP contribution in [0.15, 0.2) is 18.2 Å². The van der Waals surface area contributed by atoms with Gasteiger partial charge in [-0.15, -0.1) is 0 Å². The average Bonchev–Trinajstić information content (AvgIpc) is 2.32. The van der Waals surface area contributed by atoms with Crippen molar-refractivity contribution in [1.29, 1.82) is 0 Å². The maximum Gasteiger partial charge on any atom is 0.304 e. The fourth-order valence-corrected chi connectivity index (χ4v) is 1.88. The highest BCUT2D eigenvalue weighted by molar-refractivity contribution is 5.82. The largest absolute Gasteiger partial charge is 0.481 e. The molecule has 0 radical (unpaired) electrons. The van der Waals surface area contributed by atoms with Gasteiger partial charge in [0, 0.05) is 19.5 Å². The molecular weight excluding hydrogens is 249 g/mol. The Balaban J connectivity index is 2.68. The highest BCUT2D eigenvalue weighted by atomic mass is 19.1. The summed E-state index contributed by atoms with van der Waals surface area (Å²) < 4.78 is 13.1. The molecule has 1 unspecified atom stereocenters. The Labute approximate surface area is 111 Å². The number of carbonyl (C=O) groups is 2. The molecule has 0 heterocycles. The van der Waals surface area contributed by atoms with Crippen molar-refractivity contribution in [3.05, 3.63) is 35.1 Å². The first kappa shape index (κ1) is 15.1. The molecule has 1 aromatic carbocycles. The van der Waals surface area contributed by atoms with E-state index in [9.17, 15) is 14.0 Å².